The highest BCUT2D eigenvalue weighted by Gasteiger charge is 2.14. The van der Waals surface area contributed by atoms with E-state index in [4.69, 9.17) is 9.72 Å². The molecule has 0 saturated heterocycles. The van der Waals surface area contributed by atoms with E-state index in [0.717, 1.165) is 47.1 Å². The van der Waals surface area contributed by atoms with E-state index in [1.165, 1.54) is 0 Å². The molecule has 28 heavy (non-hydrogen) atoms. The second kappa shape index (κ2) is 9.57. The van der Waals surface area contributed by atoms with Gasteiger partial charge in [0.15, 0.2) is 5.65 Å². The van der Waals surface area contributed by atoms with E-state index in [2.05, 4.69) is 26.0 Å². The zero-order chi connectivity index (χ0) is 17.9. The summed E-state index contributed by atoms with van der Waals surface area (Å²) in [4.78, 5) is 13.9. The summed E-state index contributed by atoms with van der Waals surface area (Å²) >= 11 is 0. The largest absolute Gasteiger partial charge is 0.497 e. The van der Waals surface area contributed by atoms with Crippen LogP contribution in [0.2, 0.25) is 0 Å². The van der Waals surface area contributed by atoms with Crippen molar-refractivity contribution in [3.05, 3.63) is 60.8 Å². The molecule has 3 aromatic heterocycles. The van der Waals surface area contributed by atoms with E-state index < -0.39 is 0 Å². The second-order valence-corrected chi connectivity index (χ2v) is 6.14. The van der Waals surface area contributed by atoms with Crippen molar-refractivity contribution in [2.24, 2.45) is 0 Å². The second-order valence-electron chi connectivity index (χ2n) is 6.14. The van der Waals surface area contributed by atoms with Crippen LogP contribution in [0.5, 0.6) is 5.75 Å². The Kier molecular flexibility index (Phi) is 7.43. The molecule has 4 aromatic rings. The summed E-state index contributed by atoms with van der Waals surface area (Å²) in [5.74, 6) is 2.70. The first-order valence-electron chi connectivity index (χ1n) is 8.76. The molecule has 0 fully saturated rings. The van der Waals surface area contributed by atoms with E-state index in [-0.39, 0.29) is 24.8 Å². The highest BCUT2D eigenvalue weighted by molar-refractivity contribution is 5.85. The molecule has 4 rings (SSSR count). The van der Waals surface area contributed by atoms with Gasteiger partial charge in [-0.3, -0.25) is 0 Å². The summed E-state index contributed by atoms with van der Waals surface area (Å²) in [5.41, 5.74) is 2.89. The Morgan fingerprint density at radius 1 is 1.04 bits per heavy atom. The van der Waals surface area contributed by atoms with Crippen molar-refractivity contribution >= 4 is 36.0 Å². The van der Waals surface area contributed by atoms with E-state index in [0.29, 0.717) is 6.54 Å². The number of nitrogens with zero attached hydrogens (tertiary/aromatic N) is 5. The summed E-state index contributed by atoms with van der Waals surface area (Å²) in [6.07, 6.45) is 6.65. The fourth-order valence-corrected chi connectivity index (χ4v) is 3.20. The summed E-state index contributed by atoms with van der Waals surface area (Å²) in [6.45, 7) is 3.70. The Morgan fingerprint density at radius 2 is 1.89 bits per heavy atom. The van der Waals surface area contributed by atoms with Crippen LogP contribution in [0.4, 0.5) is 0 Å². The van der Waals surface area contributed by atoms with E-state index in [1.807, 2.05) is 55.0 Å². The third kappa shape index (κ3) is 4.13. The van der Waals surface area contributed by atoms with E-state index >= 15 is 0 Å². The third-order valence-corrected chi connectivity index (χ3v) is 4.39. The van der Waals surface area contributed by atoms with Crippen LogP contribution < -0.4 is 4.74 Å². The zero-order valence-corrected chi connectivity index (χ0v) is 17.4. The lowest BCUT2D eigenvalue weighted by atomic mass is 10.2. The summed E-state index contributed by atoms with van der Waals surface area (Å²) in [7, 11) is 1.67. The van der Waals surface area contributed by atoms with Gasteiger partial charge < -0.3 is 13.9 Å². The molecule has 1 aromatic carbocycles. The highest BCUT2D eigenvalue weighted by atomic mass is 35.5. The molecule has 0 aliphatic rings. The lowest BCUT2D eigenvalue weighted by Gasteiger charge is -2.11. The fraction of sp³-hybridized carbons (Fsp3) is 0.250. The number of methoxy groups -OCH3 is 1. The Hall–Kier alpha value is -2.57. The minimum Gasteiger partial charge on any atom is -0.497 e. The topological polar surface area (TPSA) is 57.8 Å². The maximum Gasteiger partial charge on any atom is 0.160 e. The van der Waals surface area contributed by atoms with Crippen molar-refractivity contribution in [1.29, 1.82) is 0 Å². The molecule has 0 spiro atoms. The van der Waals surface area contributed by atoms with Gasteiger partial charge in [0.25, 0.3) is 0 Å². The Labute approximate surface area is 176 Å². The van der Waals surface area contributed by atoms with Crippen molar-refractivity contribution in [3.8, 4) is 17.1 Å². The van der Waals surface area contributed by atoms with Gasteiger partial charge in [0.05, 0.1) is 13.7 Å². The van der Waals surface area contributed by atoms with Gasteiger partial charge in [0, 0.05) is 30.7 Å². The van der Waals surface area contributed by atoms with Crippen LogP contribution in [-0.2, 0) is 13.1 Å². The monoisotopic (exact) mass is 419 g/mol. The number of imidazole rings is 2. The third-order valence-electron chi connectivity index (χ3n) is 4.39. The van der Waals surface area contributed by atoms with Crippen LogP contribution in [0.1, 0.15) is 19.2 Å². The first-order valence-corrected chi connectivity index (χ1v) is 8.76. The minimum atomic E-state index is 0. The quantitative estimate of drug-likeness (QED) is 0.457. The van der Waals surface area contributed by atoms with Crippen molar-refractivity contribution < 1.29 is 4.74 Å². The fourth-order valence-electron chi connectivity index (χ4n) is 3.20. The number of hydrogen-bond acceptors (Lipinski definition) is 4. The Bertz CT molecular complexity index is 1040. The van der Waals surface area contributed by atoms with Gasteiger partial charge in [-0.25, -0.2) is 15.0 Å². The van der Waals surface area contributed by atoms with Crippen molar-refractivity contribution in [3.63, 3.8) is 0 Å². The van der Waals surface area contributed by atoms with Gasteiger partial charge in [0.1, 0.15) is 22.9 Å². The van der Waals surface area contributed by atoms with E-state index in [1.54, 1.807) is 7.11 Å². The maximum atomic E-state index is 5.34. The number of ether oxygens (including phenoxy) is 1. The predicted molar refractivity (Wildman–Crippen MR) is 116 cm³/mol. The highest BCUT2D eigenvalue weighted by Crippen LogP contribution is 2.24. The molecular weight excluding hydrogens is 397 g/mol. The lowest BCUT2D eigenvalue weighted by Crippen LogP contribution is -2.09. The molecule has 0 N–H and O–H groups in total. The normalized spacial score (nSPS) is 10.4. The first kappa shape index (κ1) is 21.7. The van der Waals surface area contributed by atoms with Gasteiger partial charge in [-0.2, -0.15) is 0 Å². The number of rotatable bonds is 6. The molecular formula is C20H23Cl2N5O. The molecule has 8 heteroatoms. The average Bonchev–Trinajstić information content (AvgIpc) is 3.27. The lowest BCUT2D eigenvalue weighted by molar-refractivity contribution is 0.415. The summed E-state index contributed by atoms with van der Waals surface area (Å²) in [5, 5.41) is 0. The van der Waals surface area contributed by atoms with Crippen molar-refractivity contribution in [1.82, 2.24) is 24.1 Å². The Morgan fingerprint density at radius 3 is 2.68 bits per heavy atom. The van der Waals surface area contributed by atoms with Crippen LogP contribution >= 0.6 is 24.8 Å². The molecule has 0 saturated carbocycles. The zero-order valence-electron chi connectivity index (χ0n) is 15.8. The number of halogens is 2. The number of fused-ring (bicyclic) bond motifs is 1. The van der Waals surface area contributed by atoms with Gasteiger partial charge in [-0.05, 0) is 30.7 Å². The number of pyridine rings is 1. The molecule has 3 heterocycles. The van der Waals surface area contributed by atoms with Gasteiger partial charge >= 0.3 is 0 Å². The SMILES string of the molecule is CCCn1c(Cn2ccnc2-c2cccc(OC)c2)nc2cccnc21.Cl.Cl. The summed E-state index contributed by atoms with van der Waals surface area (Å²) in [6, 6.07) is 11.9. The number of hydrogen-bond donors (Lipinski definition) is 0. The van der Waals surface area contributed by atoms with Crippen LogP contribution in [0.15, 0.2) is 55.0 Å². The smallest absolute Gasteiger partial charge is 0.160 e. The molecule has 6 nitrogen and oxygen atoms in total. The minimum absolute atomic E-state index is 0. The predicted octanol–water partition coefficient (Wildman–Crippen LogP) is 4.61. The molecule has 0 bridgehead atoms. The van der Waals surface area contributed by atoms with Crippen molar-refractivity contribution in [2.45, 2.75) is 26.4 Å². The number of aromatic nitrogens is 5. The van der Waals surface area contributed by atoms with Gasteiger partial charge in [-0.15, -0.1) is 24.8 Å². The van der Waals surface area contributed by atoms with Crippen LogP contribution in [0.25, 0.3) is 22.6 Å². The van der Waals surface area contributed by atoms with Crippen LogP contribution in [0, 0.1) is 0 Å². The number of benzene rings is 1. The molecule has 0 atom stereocenters. The van der Waals surface area contributed by atoms with E-state index in [9.17, 15) is 0 Å². The maximum absolute atomic E-state index is 5.34. The average molecular weight is 420 g/mol. The first-order chi connectivity index (χ1) is 12.8. The molecule has 0 amide bonds. The van der Waals surface area contributed by atoms with Gasteiger partial charge in [0.2, 0.25) is 0 Å². The molecule has 148 valence electrons. The molecule has 0 unspecified atom stereocenters. The number of aryl methyl sites for hydroxylation is 1. The Balaban J connectivity index is 0.00000140. The van der Waals surface area contributed by atoms with Crippen LogP contribution in [-0.4, -0.2) is 31.2 Å². The van der Waals surface area contributed by atoms with Gasteiger partial charge in [-0.1, -0.05) is 19.1 Å². The molecule has 0 radical (unpaired) electrons. The van der Waals surface area contributed by atoms with Crippen LogP contribution in [0.3, 0.4) is 0 Å². The van der Waals surface area contributed by atoms with Crippen molar-refractivity contribution in [2.75, 3.05) is 7.11 Å². The summed E-state index contributed by atoms with van der Waals surface area (Å²) < 4.78 is 9.65. The standard InChI is InChI=1S/C20H21N5O.2ClH/c1-3-11-25-18(23-17-8-5-9-21-20(17)25)14-24-12-10-22-19(24)15-6-4-7-16(13-15)26-2;;/h4-10,12-13H,3,11,14H2,1-2H3;2*1H. The molecule has 0 aliphatic carbocycles. The molecule has 0 aliphatic heterocycles.